The molecule has 1 aromatic heterocycles. The van der Waals surface area contributed by atoms with E-state index in [1.165, 1.54) is 0 Å². The summed E-state index contributed by atoms with van der Waals surface area (Å²) in [6.07, 6.45) is 1.64. The number of fused-ring (bicyclic) bond motifs is 1. The molecule has 1 aliphatic heterocycles. The lowest BCUT2D eigenvalue weighted by molar-refractivity contribution is -0.117. The minimum absolute atomic E-state index is 0.0293. The molecule has 0 bridgehead atoms. The highest BCUT2D eigenvalue weighted by molar-refractivity contribution is 6.02. The van der Waals surface area contributed by atoms with Gasteiger partial charge in [-0.25, -0.2) is 0 Å². The molecule has 0 saturated carbocycles. The van der Waals surface area contributed by atoms with Gasteiger partial charge in [0.1, 0.15) is 18.2 Å². The van der Waals surface area contributed by atoms with E-state index in [1.807, 2.05) is 35.9 Å². The van der Waals surface area contributed by atoms with Gasteiger partial charge < -0.3 is 9.88 Å². The molecule has 0 fully saturated rings. The highest BCUT2D eigenvalue weighted by Gasteiger charge is 2.29. The zero-order valence-corrected chi connectivity index (χ0v) is 9.92. The number of rotatable bonds is 3. The van der Waals surface area contributed by atoms with Crippen molar-refractivity contribution in [2.24, 2.45) is 7.05 Å². The highest BCUT2D eigenvalue weighted by atomic mass is 16.2. The number of anilines is 1. The molecule has 3 rings (SSSR count). The maximum Gasteiger partial charge on any atom is 0.246 e. The van der Waals surface area contributed by atoms with Gasteiger partial charge >= 0.3 is 0 Å². The van der Waals surface area contributed by atoms with Crippen molar-refractivity contribution >= 4 is 11.6 Å². The zero-order valence-electron chi connectivity index (χ0n) is 9.92. The Morgan fingerprint density at radius 1 is 1.44 bits per heavy atom. The molecule has 0 radical (unpaired) electrons. The summed E-state index contributed by atoms with van der Waals surface area (Å²) in [6, 6.07) is 7.36. The predicted molar refractivity (Wildman–Crippen MR) is 65.7 cm³/mol. The second-order valence-corrected chi connectivity index (χ2v) is 4.25. The Morgan fingerprint density at radius 2 is 2.28 bits per heavy atom. The second kappa shape index (κ2) is 4.23. The van der Waals surface area contributed by atoms with Crippen LogP contribution in [-0.2, 0) is 18.4 Å². The van der Waals surface area contributed by atoms with E-state index in [2.05, 4.69) is 20.8 Å². The molecule has 2 heterocycles. The van der Waals surface area contributed by atoms with Gasteiger partial charge in [0.05, 0.1) is 6.54 Å². The van der Waals surface area contributed by atoms with E-state index < -0.39 is 0 Å². The molecule has 18 heavy (non-hydrogen) atoms. The molecule has 1 amide bonds. The maximum atomic E-state index is 11.9. The zero-order chi connectivity index (χ0) is 12.5. The van der Waals surface area contributed by atoms with Crippen molar-refractivity contribution in [2.45, 2.75) is 12.6 Å². The molecule has 1 unspecified atom stereocenters. The molecule has 6 heteroatoms. The van der Waals surface area contributed by atoms with E-state index in [1.54, 1.807) is 6.33 Å². The molecular formula is C12H13N5O. The average molecular weight is 243 g/mol. The van der Waals surface area contributed by atoms with Gasteiger partial charge in [0, 0.05) is 18.3 Å². The SMILES string of the molecule is Cn1cnnc1CNC1C(=O)Nc2ccccc21. The standard InChI is InChI=1S/C12H13N5O/c1-17-7-14-16-10(17)6-13-11-8-4-2-3-5-9(8)15-12(11)18/h2-5,7,11,13H,6H2,1H3,(H,15,18). The van der Waals surface area contributed by atoms with Crippen LogP contribution < -0.4 is 10.6 Å². The van der Waals surface area contributed by atoms with Gasteiger partial charge in [-0.15, -0.1) is 10.2 Å². The summed E-state index contributed by atoms with van der Waals surface area (Å²) >= 11 is 0. The van der Waals surface area contributed by atoms with E-state index in [-0.39, 0.29) is 11.9 Å². The van der Waals surface area contributed by atoms with E-state index in [9.17, 15) is 4.79 Å². The normalized spacial score (nSPS) is 17.6. The first kappa shape index (κ1) is 10.9. The predicted octanol–water partition coefficient (Wildman–Crippen LogP) is 0.598. The van der Waals surface area contributed by atoms with Crippen LogP contribution >= 0.6 is 0 Å². The fourth-order valence-corrected chi connectivity index (χ4v) is 2.07. The van der Waals surface area contributed by atoms with Crippen molar-refractivity contribution in [1.29, 1.82) is 0 Å². The number of carbonyl (C=O) groups is 1. The van der Waals surface area contributed by atoms with Crippen LogP contribution in [0.15, 0.2) is 30.6 Å². The van der Waals surface area contributed by atoms with Crippen LogP contribution in [-0.4, -0.2) is 20.7 Å². The van der Waals surface area contributed by atoms with Crippen LogP contribution in [0.1, 0.15) is 17.4 Å². The summed E-state index contributed by atoms with van der Waals surface area (Å²) in [5, 5.41) is 13.8. The van der Waals surface area contributed by atoms with E-state index >= 15 is 0 Å². The fraction of sp³-hybridized carbons (Fsp3) is 0.250. The van der Waals surface area contributed by atoms with Crippen LogP contribution in [0.5, 0.6) is 0 Å². The third-order valence-electron chi connectivity index (χ3n) is 3.06. The van der Waals surface area contributed by atoms with E-state index in [0.29, 0.717) is 6.54 Å². The van der Waals surface area contributed by atoms with Gasteiger partial charge in [-0.05, 0) is 6.07 Å². The summed E-state index contributed by atoms with van der Waals surface area (Å²) in [6.45, 7) is 0.503. The highest BCUT2D eigenvalue weighted by Crippen LogP contribution is 2.30. The van der Waals surface area contributed by atoms with Gasteiger partial charge in [0.25, 0.3) is 0 Å². The Hall–Kier alpha value is -2.21. The minimum atomic E-state index is -0.321. The summed E-state index contributed by atoms with van der Waals surface area (Å²) in [4.78, 5) is 11.9. The number of carbonyl (C=O) groups excluding carboxylic acids is 1. The summed E-state index contributed by atoms with van der Waals surface area (Å²) in [5.74, 6) is 0.769. The number of nitrogens with zero attached hydrogens (tertiary/aromatic N) is 3. The minimum Gasteiger partial charge on any atom is -0.324 e. The number of amides is 1. The maximum absolute atomic E-state index is 11.9. The molecule has 0 saturated heterocycles. The molecule has 2 N–H and O–H groups in total. The van der Waals surface area contributed by atoms with Crippen LogP contribution in [0.4, 0.5) is 5.69 Å². The van der Waals surface area contributed by atoms with Crippen molar-refractivity contribution in [3.8, 4) is 0 Å². The smallest absolute Gasteiger partial charge is 0.246 e. The number of aryl methyl sites for hydroxylation is 1. The average Bonchev–Trinajstić information content (AvgIpc) is 2.90. The topological polar surface area (TPSA) is 71.8 Å². The van der Waals surface area contributed by atoms with Gasteiger partial charge in [-0.1, -0.05) is 18.2 Å². The van der Waals surface area contributed by atoms with Crippen molar-refractivity contribution in [3.05, 3.63) is 42.0 Å². The molecule has 1 aromatic carbocycles. The molecule has 6 nitrogen and oxygen atoms in total. The first-order valence-corrected chi connectivity index (χ1v) is 5.72. The van der Waals surface area contributed by atoms with Crippen molar-refractivity contribution in [2.75, 3.05) is 5.32 Å². The Labute approximate surface area is 104 Å². The molecule has 0 aliphatic carbocycles. The fourth-order valence-electron chi connectivity index (χ4n) is 2.07. The lowest BCUT2D eigenvalue weighted by Gasteiger charge is -2.10. The molecule has 1 atom stereocenters. The molecular weight excluding hydrogens is 230 g/mol. The number of benzene rings is 1. The Bertz CT molecular complexity index is 592. The van der Waals surface area contributed by atoms with Crippen molar-refractivity contribution in [3.63, 3.8) is 0 Å². The number of para-hydroxylation sites is 1. The summed E-state index contributed by atoms with van der Waals surface area (Å²) in [7, 11) is 1.87. The number of hydrogen-bond donors (Lipinski definition) is 2. The van der Waals surface area contributed by atoms with Crippen LogP contribution in [0.2, 0.25) is 0 Å². The first-order chi connectivity index (χ1) is 8.75. The quantitative estimate of drug-likeness (QED) is 0.828. The van der Waals surface area contributed by atoms with Gasteiger partial charge in [0.2, 0.25) is 5.91 Å². The number of hydrogen-bond acceptors (Lipinski definition) is 4. The largest absolute Gasteiger partial charge is 0.324 e. The molecule has 92 valence electrons. The van der Waals surface area contributed by atoms with Crippen LogP contribution in [0.25, 0.3) is 0 Å². The van der Waals surface area contributed by atoms with Gasteiger partial charge in [-0.2, -0.15) is 0 Å². The first-order valence-electron chi connectivity index (χ1n) is 5.72. The van der Waals surface area contributed by atoms with Crippen LogP contribution in [0, 0.1) is 0 Å². The molecule has 0 spiro atoms. The Morgan fingerprint density at radius 3 is 3.06 bits per heavy atom. The summed E-state index contributed by atoms with van der Waals surface area (Å²) < 4.78 is 1.83. The van der Waals surface area contributed by atoms with Crippen LogP contribution in [0.3, 0.4) is 0 Å². The van der Waals surface area contributed by atoms with E-state index in [4.69, 9.17) is 0 Å². The Balaban J connectivity index is 1.77. The van der Waals surface area contributed by atoms with Crippen molar-refractivity contribution in [1.82, 2.24) is 20.1 Å². The lowest BCUT2D eigenvalue weighted by atomic mass is 10.1. The Kier molecular flexibility index (Phi) is 2.56. The monoisotopic (exact) mass is 243 g/mol. The number of nitrogens with one attached hydrogen (secondary N) is 2. The second-order valence-electron chi connectivity index (χ2n) is 4.25. The van der Waals surface area contributed by atoms with Gasteiger partial charge in [0.15, 0.2) is 0 Å². The molecule has 2 aromatic rings. The number of aromatic nitrogens is 3. The van der Waals surface area contributed by atoms with Crippen molar-refractivity contribution < 1.29 is 4.79 Å². The lowest BCUT2D eigenvalue weighted by Crippen LogP contribution is -2.28. The summed E-state index contributed by atoms with van der Waals surface area (Å²) in [5.41, 5.74) is 1.85. The third-order valence-corrected chi connectivity index (χ3v) is 3.06. The van der Waals surface area contributed by atoms with Gasteiger partial charge in [-0.3, -0.25) is 10.1 Å². The third kappa shape index (κ3) is 1.76. The molecule has 1 aliphatic rings. The van der Waals surface area contributed by atoms with E-state index in [0.717, 1.165) is 17.1 Å².